The number of hydrogen-bond donors (Lipinski definition) is 2. The molecule has 3 heteroatoms. The molecule has 0 aliphatic carbocycles. The van der Waals surface area contributed by atoms with Crippen LogP contribution in [0, 0.1) is 0 Å². The fourth-order valence-electron chi connectivity index (χ4n) is 1.12. The highest BCUT2D eigenvalue weighted by atomic mass is 79.9. The molecular formula is C10H14BrNO. The standard InChI is InChI=1S/C10H14BrNO/c1-7(12)10(2,13)8-5-3-4-6-9(8)11/h3-7,13H,12H2,1-2H3. The first kappa shape index (κ1) is 10.7. The monoisotopic (exact) mass is 243 g/mol. The molecule has 0 radical (unpaired) electrons. The van der Waals surface area contributed by atoms with E-state index in [1.807, 2.05) is 24.3 Å². The van der Waals surface area contributed by atoms with Gasteiger partial charge in [-0.05, 0) is 25.5 Å². The van der Waals surface area contributed by atoms with Crippen LogP contribution in [0.15, 0.2) is 28.7 Å². The Morgan fingerprint density at radius 2 is 2.00 bits per heavy atom. The van der Waals surface area contributed by atoms with Crippen LogP contribution in [0.25, 0.3) is 0 Å². The summed E-state index contributed by atoms with van der Waals surface area (Å²) in [4.78, 5) is 0. The first-order valence-corrected chi connectivity index (χ1v) is 4.98. The Morgan fingerprint density at radius 1 is 1.46 bits per heavy atom. The number of hydrogen-bond acceptors (Lipinski definition) is 2. The van der Waals surface area contributed by atoms with Crippen molar-refractivity contribution in [1.82, 2.24) is 0 Å². The number of nitrogens with two attached hydrogens (primary N) is 1. The molecule has 0 aliphatic heterocycles. The molecule has 2 atom stereocenters. The molecule has 0 aliphatic rings. The second kappa shape index (κ2) is 3.78. The van der Waals surface area contributed by atoms with E-state index in [0.29, 0.717) is 0 Å². The first-order chi connectivity index (χ1) is 5.96. The second-order valence-corrected chi connectivity index (χ2v) is 4.27. The van der Waals surface area contributed by atoms with Crippen LogP contribution in [-0.4, -0.2) is 11.1 Å². The summed E-state index contributed by atoms with van der Waals surface area (Å²) in [5.74, 6) is 0. The molecule has 2 unspecified atom stereocenters. The van der Waals surface area contributed by atoms with Gasteiger partial charge in [-0.15, -0.1) is 0 Å². The third-order valence-corrected chi connectivity index (χ3v) is 3.00. The summed E-state index contributed by atoms with van der Waals surface area (Å²) >= 11 is 3.38. The van der Waals surface area contributed by atoms with E-state index in [1.54, 1.807) is 13.8 Å². The van der Waals surface area contributed by atoms with Crippen LogP contribution in [-0.2, 0) is 5.60 Å². The molecule has 0 saturated heterocycles. The summed E-state index contributed by atoms with van der Waals surface area (Å²) < 4.78 is 0.886. The van der Waals surface area contributed by atoms with E-state index in [1.165, 1.54) is 0 Å². The predicted molar refractivity (Wildman–Crippen MR) is 57.4 cm³/mol. The molecule has 0 spiro atoms. The van der Waals surface area contributed by atoms with Crippen LogP contribution in [0.3, 0.4) is 0 Å². The van der Waals surface area contributed by atoms with E-state index in [-0.39, 0.29) is 6.04 Å². The molecule has 0 aromatic heterocycles. The van der Waals surface area contributed by atoms with Gasteiger partial charge in [0.1, 0.15) is 5.60 Å². The van der Waals surface area contributed by atoms with Gasteiger partial charge in [0.2, 0.25) is 0 Å². The number of benzene rings is 1. The molecule has 1 aromatic carbocycles. The molecule has 72 valence electrons. The summed E-state index contributed by atoms with van der Waals surface area (Å²) in [6, 6.07) is 7.26. The van der Waals surface area contributed by atoms with Gasteiger partial charge in [0.15, 0.2) is 0 Å². The van der Waals surface area contributed by atoms with Gasteiger partial charge in [0, 0.05) is 10.5 Å². The van der Waals surface area contributed by atoms with Gasteiger partial charge in [0.05, 0.1) is 0 Å². The van der Waals surface area contributed by atoms with Crippen molar-refractivity contribution in [2.24, 2.45) is 5.73 Å². The molecule has 2 nitrogen and oxygen atoms in total. The average molecular weight is 244 g/mol. The molecule has 0 saturated carbocycles. The van der Waals surface area contributed by atoms with Crippen molar-refractivity contribution in [1.29, 1.82) is 0 Å². The van der Waals surface area contributed by atoms with E-state index in [4.69, 9.17) is 5.73 Å². The molecule has 1 rings (SSSR count). The number of aliphatic hydroxyl groups is 1. The Kier molecular flexibility index (Phi) is 3.11. The van der Waals surface area contributed by atoms with E-state index in [9.17, 15) is 5.11 Å². The van der Waals surface area contributed by atoms with Crippen molar-refractivity contribution in [2.75, 3.05) is 0 Å². The number of halogens is 1. The molecule has 0 fully saturated rings. The molecule has 0 amide bonds. The summed E-state index contributed by atoms with van der Waals surface area (Å²) in [5, 5.41) is 10.1. The van der Waals surface area contributed by atoms with Crippen molar-refractivity contribution in [3.8, 4) is 0 Å². The quantitative estimate of drug-likeness (QED) is 0.835. The van der Waals surface area contributed by atoms with Crippen molar-refractivity contribution in [2.45, 2.75) is 25.5 Å². The largest absolute Gasteiger partial charge is 0.384 e. The second-order valence-electron chi connectivity index (χ2n) is 3.42. The lowest BCUT2D eigenvalue weighted by molar-refractivity contribution is 0.0342. The van der Waals surface area contributed by atoms with Crippen molar-refractivity contribution >= 4 is 15.9 Å². The van der Waals surface area contributed by atoms with Crippen molar-refractivity contribution < 1.29 is 5.11 Å². The maximum absolute atomic E-state index is 10.1. The Bertz CT molecular complexity index is 297. The Balaban J connectivity index is 3.14. The first-order valence-electron chi connectivity index (χ1n) is 4.19. The lowest BCUT2D eigenvalue weighted by Crippen LogP contribution is -2.40. The van der Waals surface area contributed by atoms with Crippen LogP contribution in [0.4, 0.5) is 0 Å². The van der Waals surface area contributed by atoms with Crippen molar-refractivity contribution in [3.63, 3.8) is 0 Å². The molecule has 3 N–H and O–H groups in total. The third-order valence-electron chi connectivity index (χ3n) is 2.31. The smallest absolute Gasteiger partial charge is 0.103 e. The minimum absolute atomic E-state index is 0.300. The fraction of sp³-hybridized carbons (Fsp3) is 0.400. The molecular weight excluding hydrogens is 230 g/mol. The highest BCUT2D eigenvalue weighted by molar-refractivity contribution is 9.10. The third kappa shape index (κ3) is 2.10. The lowest BCUT2D eigenvalue weighted by atomic mass is 9.90. The Morgan fingerprint density at radius 3 is 2.46 bits per heavy atom. The molecule has 1 aromatic rings. The van der Waals surface area contributed by atoms with Gasteiger partial charge < -0.3 is 10.8 Å². The van der Waals surface area contributed by atoms with Gasteiger partial charge in [-0.2, -0.15) is 0 Å². The zero-order valence-electron chi connectivity index (χ0n) is 7.79. The predicted octanol–water partition coefficient (Wildman–Crippen LogP) is 2.00. The zero-order chi connectivity index (χ0) is 10.1. The Labute approximate surface area is 86.9 Å². The topological polar surface area (TPSA) is 46.2 Å². The maximum Gasteiger partial charge on any atom is 0.103 e. The minimum Gasteiger partial charge on any atom is -0.384 e. The fourth-order valence-corrected chi connectivity index (χ4v) is 1.80. The summed E-state index contributed by atoms with van der Waals surface area (Å²) in [6.07, 6.45) is 0. The van der Waals surface area contributed by atoms with Crippen molar-refractivity contribution in [3.05, 3.63) is 34.3 Å². The van der Waals surface area contributed by atoms with Gasteiger partial charge >= 0.3 is 0 Å². The highest BCUT2D eigenvalue weighted by Gasteiger charge is 2.29. The lowest BCUT2D eigenvalue weighted by Gasteiger charge is -2.28. The molecule has 0 bridgehead atoms. The minimum atomic E-state index is -0.986. The van der Waals surface area contributed by atoms with Crippen LogP contribution >= 0.6 is 15.9 Å². The number of rotatable bonds is 2. The van der Waals surface area contributed by atoms with Gasteiger partial charge in [-0.3, -0.25) is 0 Å². The van der Waals surface area contributed by atoms with Gasteiger partial charge in [-0.25, -0.2) is 0 Å². The highest BCUT2D eigenvalue weighted by Crippen LogP contribution is 2.29. The van der Waals surface area contributed by atoms with Crippen LogP contribution in [0.1, 0.15) is 19.4 Å². The Hall–Kier alpha value is -0.380. The van der Waals surface area contributed by atoms with Crippen LogP contribution in [0.5, 0.6) is 0 Å². The average Bonchev–Trinajstić information content (AvgIpc) is 2.04. The van der Waals surface area contributed by atoms with E-state index in [2.05, 4.69) is 15.9 Å². The zero-order valence-corrected chi connectivity index (χ0v) is 9.38. The normalized spacial score (nSPS) is 17.9. The van der Waals surface area contributed by atoms with E-state index >= 15 is 0 Å². The van der Waals surface area contributed by atoms with E-state index < -0.39 is 5.60 Å². The SMILES string of the molecule is CC(N)C(C)(O)c1ccccc1Br. The summed E-state index contributed by atoms with van der Waals surface area (Å²) in [6.45, 7) is 3.51. The summed E-state index contributed by atoms with van der Waals surface area (Å²) in [7, 11) is 0. The van der Waals surface area contributed by atoms with Crippen LogP contribution < -0.4 is 5.73 Å². The van der Waals surface area contributed by atoms with Crippen LogP contribution in [0.2, 0.25) is 0 Å². The van der Waals surface area contributed by atoms with Gasteiger partial charge in [0.25, 0.3) is 0 Å². The van der Waals surface area contributed by atoms with E-state index in [0.717, 1.165) is 10.0 Å². The van der Waals surface area contributed by atoms with Gasteiger partial charge in [-0.1, -0.05) is 34.1 Å². The summed E-state index contributed by atoms with van der Waals surface area (Å²) in [5.41, 5.74) is 5.54. The maximum atomic E-state index is 10.1. The molecule has 0 heterocycles. The molecule has 13 heavy (non-hydrogen) atoms.